The van der Waals surface area contributed by atoms with Gasteiger partial charge in [0.15, 0.2) is 0 Å². The van der Waals surface area contributed by atoms with Crippen molar-refractivity contribution in [2.75, 3.05) is 0 Å². The van der Waals surface area contributed by atoms with Gasteiger partial charge in [-0.05, 0) is 6.42 Å². The summed E-state index contributed by atoms with van der Waals surface area (Å²) in [5, 5.41) is 18.4. The summed E-state index contributed by atoms with van der Waals surface area (Å²) in [5.74, 6) is -1.19. The maximum absolute atomic E-state index is 10.5. The Morgan fingerprint density at radius 3 is 2.14 bits per heavy atom. The highest BCUT2D eigenvalue weighted by Crippen LogP contribution is 2.43. The van der Waals surface area contributed by atoms with Crippen LogP contribution in [0.1, 0.15) is 32.6 Å². The molecule has 0 amide bonds. The average molecular weight is 264 g/mol. The van der Waals surface area contributed by atoms with Gasteiger partial charge in [0.05, 0.1) is 6.42 Å². The first-order chi connectivity index (χ1) is 6.23. The molecule has 6 heteroatoms. The van der Waals surface area contributed by atoms with Gasteiger partial charge in [0.2, 0.25) is 3.79 Å². The Hall–Kier alpha value is 0.300. The quantitative estimate of drug-likeness (QED) is 0.750. The van der Waals surface area contributed by atoms with Crippen LogP contribution in [0.4, 0.5) is 0 Å². The number of hydrogen-bond donors (Lipinski definition) is 2. The highest BCUT2D eigenvalue weighted by Gasteiger charge is 2.47. The number of carboxylic acids is 1. The standard InChI is InChI=1S/C8H13Cl3O3/c1-2-3-4-7(14,5-6(12)13)8(9,10)11/h14H,2-5H2,1H3,(H,12,13). The monoisotopic (exact) mass is 262 g/mol. The van der Waals surface area contributed by atoms with Gasteiger partial charge in [-0.2, -0.15) is 0 Å². The molecule has 0 aliphatic heterocycles. The molecule has 3 nitrogen and oxygen atoms in total. The number of alkyl halides is 3. The molecular formula is C8H13Cl3O3. The third-order valence-corrected chi connectivity index (χ3v) is 2.97. The van der Waals surface area contributed by atoms with E-state index in [1.165, 1.54) is 0 Å². The Bertz CT molecular complexity index is 202. The van der Waals surface area contributed by atoms with Crippen molar-refractivity contribution < 1.29 is 15.0 Å². The molecule has 0 saturated carbocycles. The maximum Gasteiger partial charge on any atom is 0.306 e. The molecule has 14 heavy (non-hydrogen) atoms. The molecule has 0 aromatic carbocycles. The van der Waals surface area contributed by atoms with Crippen LogP contribution in [0.3, 0.4) is 0 Å². The minimum atomic E-state index is -1.97. The summed E-state index contributed by atoms with van der Waals surface area (Å²) < 4.78 is -1.97. The van der Waals surface area contributed by atoms with Crippen LogP contribution in [0.15, 0.2) is 0 Å². The van der Waals surface area contributed by atoms with Crippen LogP contribution in [-0.2, 0) is 4.79 Å². The summed E-state index contributed by atoms with van der Waals surface area (Å²) in [6.45, 7) is 1.90. The summed E-state index contributed by atoms with van der Waals surface area (Å²) in [7, 11) is 0. The molecule has 0 aliphatic rings. The summed E-state index contributed by atoms with van der Waals surface area (Å²) in [4.78, 5) is 10.5. The lowest BCUT2D eigenvalue weighted by molar-refractivity contribution is -0.142. The van der Waals surface area contributed by atoms with E-state index < -0.39 is 21.8 Å². The summed E-state index contributed by atoms with van der Waals surface area (Å²) in [5.41, 5.74) is -1.79. The Morgan fingerprint density at radius 1 is 1.36 bits per heavy atom. The van der Waals surface area contributed by atoms with Crippen LogP contribution < -0.4 is 0 Å². The molecule has 84 valence electrons. The molecule has 0 spiro atoms. The van der Waals surface area contributed by atoms with Gasteiger partial charge < -0.3 is 10.2 Å². The van der Waals surface area contributed by atoms with Gasteiger partial charge in [0.1, 0.15) is 5.60 Å². The van der Waals surface area contributed by atoms with Crippen molar-refractivity contribution in [3.8, 4) is 0 Å². The molecule has 0 fully saturated rings. The van der Waals surface area contributed by atoms with E-state index >= 15 is 0 Å². The first kappa shape index (κ1) is 14.3. The van der Waals surface area contributed by atoms with E-state index in [-0.39, 0.29) is 6.42 Å². The molecule has 0 radical (unpaired) electrons. The summed E-state index contributed by atoms with van der Waals surface area (Å²) in [6, 6.07) is 0. The lowest BCUT2D eigenvalue weighted by Crippen LogP contribution is -2.44. The molecule has 1 unspecified atom stereocenters. The number of carbonyl (C=O) groups is 1. The smallest absolute Gasteiger partial charge is 0.306 e. The van der Waals surface area contributed by atoms with Crippen molar-refractivity contribution in [2.24, 2.45) is 0 Å². The number of carboxylic acid groups (broad SMARTS) is 1. The number of hydrogen-bond acceptors (Lipinski definition) is 2. The number of aliphatic hydroxyl groups is 1. The molecule has 0 aromatic rings. The predicted molar refractivity (Wildman–Crippen MR) is 57.0 cm³/mol. The van der Waals surface area contributed by atoms with Crippen molar-refractivity contribution >= 4 is 40.8 Å². The molecular weight excluding hydrogens is 250 g/mol. The minimum Gasteiger partial charge on any atom is -0.481 e. The van der Waals surface area contributed by atoms with Crippen molar-refractivity contribution in [1.82, 2.24) is 0 Å². The average Bonchev–Trinajstić information content (AvgIpc) is 1.97. The second kappa shape index (κ2) is 5.40. The van der Waals surface area contributed by atoms with Crippen molar-refractivity contribution in [2.45, 2.75) is 42.0 Å². The highest BCUT2D eigenvalue weighted by molar-refractivity contribution is 6.68. The van der Waals surface area contributed by atoms with Gasteiger partial charge in [-0.1, -0.05) is 54.6 Å². The minimum absolute atomic E-state index is 0.159. The summed E-state index contributed by atoms with van der Waals surface area (Å²) in [6.07, 6.45) is 0.996. The van der Waals surface area contributed by atoms with Gasteiger partial charge in [0.25, 0.3) is 0 Å². The molecule has 0 aromatic heterocycles. The predicted octanol–water partition coefficient (Wildman–Crippen LogP) is 2.75. The van der Waals surface area contributed by atoms with Crippen molar-refractivity contribution in [1.29, 1.82) is 0 Å². The number of aliphatic carboxylic acids is 1. The fourth-order valence-electron chi connectivity index (χ4n) is 1.05. The SMILES string of the molecule is CCCCC(O)(CC(=O)O)C(Cl)(Cl)Cl. The largest absolute Gasteiger partial charge is 0.481 e. The lowest BCUT2D eigenvalue weighted by atomic mass is 9.95. The Balaban J connectivity index is 4.58. The van der Waals surface area contributed by atoms with Crippen LogP contribution >= 0.6 is 34.8 Å². The zero-order valence-electron chi connectivity index (χ0n) is 7.76. The third-order valence-electron chi connectivity index (χ3n) is 1.92. The van der Waals surface area contributed by atoms with E-state index in [2.05, 4.69) is 0 Å². The van der Waals surface area contributed by atoms with E-state index in [1.807, 2.05) is 6.92 Å². The van der Waals surface area contributed by atoms with Crippen LogP contribution in [0, 0.1) is 0 Å². The van der Waals surface area contributed by atoms with Gasteiger partial charge in [-0.15, -0.1) is 0 Å². The highest BCUT2D eigenvalue weighted by atomic mass is 35.6. The van der Waals surface area contributed by atoms with Crippen LogP contribution in [0.5, 0.6) is 0 Å². The molecule has 1 atom stereocenters. The van der Waals surface area contributed by atoms with E-state index in [1.54, 1.807) is 0 Å². The first-order valence-corrected chi connectivity index (χ1v) is 5.37. The Kier molecular flexibility index (Phi) is 5.52. The Morgan fingerprint density at radius 2 is 1.86 bits per heavy atom. The molecule has 0 bridgehead atoms. The number of unbranched alkanes of at least 4 members (excludes halogenated alkanes) is 1. The van der Waals surface area contributed by atoms with Crippen molar-refractivity contribution in [3.05, 3.63) is 0 Å². The van der Waals surface area contributed by atoms with Crippen LogP contribution in [0.25, 0.3) is 0 Å². The fraction of sp³-hybridized carbons (Fsp3) is 0.875. The molecule has 0 rings (SSSR count). The molecule has 2 N–H and O–H groups in total. The van der Waals surface area contributed by atoms with Crippen LogP contribution in [0.2, 0.25) is 0 Å². The van der Waals surface area contributed by atoms with E-state index in [9.17, 15) is 9.90 Å². The maximum atomic E-state index is 10.5. The second-order valence-electron chi connectivity index (χ2n) is 3.20. The number of rotatable bonds is 5. The molecule has 0 heterocycles. The Labute approximate surface area is 98.0 Å². The van der Waals surface area contributed by atoms with E-state index in [0.29, 0.717) is 6.42 Å². The second-order valence-corrected chi connectivity index (χ2v) is 5.48. The van der Waals surface area contributed by atoms with Crippen LogP contribution in [-0.4, -0.2) is 25.6 Å². The number of halogens is 3. The fourth-order valence-corrected chi connectivity index (χ4v) is 1.53. The zero-order chi connectivity index (χ0) is 11.4. The van der Waals surface area contributed by atoms with E-state index in [0.717, 1.165) is 6.42 Å². The molecule has 0 saturated heterocycles. The van der Waals surface area contributed by atoms with E-state index in [4.69, 9.17) is 39.9 Å². The van der Waals surface area contributed by atoms with Gasteiger partial charge >= 0.3 is 5.97 Å². The van der Waals surface area contributed by atoms with Gasteiger partial charge in [-0.25, -0.2) is 0 Å². The normalized spacial score (nSPS) is 16.4. The van der Waals surface area contributed by atoms with Crippen molar-refractivity contribution in [3.63, 3.8) is 0 Å². The van der Waals surface area contributed by atoms with Gasteiger partial charge in [-0.3, -0.25) is 4.79 Å². The lowest BCUT2D eigenvalue weighted by Gasteiger charge is -2.33. The zero-order valence-corrected chi connectivity index (χ0v) is 10.0. The summed E-state index contributed by atoms with van der Waals surface area (Å²) >= 11 is 16.6. The molecule has 0 aliphatic carbocycles. The first-order valence-electron chi connectivity index (χ1n) is 4.24. The topological polar surface area (TPSA) is 57.5 Å². The third kappa shape index (κ3) is 4.22. The van der Waals surface area contributed by atoms with Gasteiger partial charge in [0, 0.05) is 0 Å².